The summed E-state index contributed by atoms with van der Waals surface area (Å²) >= 11 is 1.48. The van der Waals surface area contributed by atoms with Crippen molar-refractivity contribution in [2.75, 3.05) is 26.2 Å². The van der Waals surface area contributed by atoms with Crippen LogP contribution < -0.4 is 10.9 Å². The SMILES string of the molecule is Cc1sc2nc(CCC(=O)N3CCN(C(=O)C(=O)NC(C)C)CC3)[nH]c(=O)c2c1C. The Kier molecular flexibility index (Phi) is 6.55. The van der Waals surface area contributed by atoms with E-state index in [0.29, 0.717) is 48.6 Å². The molecular formula is C20H27N5O4S. The zero-order valence-corrected chi connectivity index (χ0v) is 18.5. The van der Waals surface area contributed by atoms with Crippen LogP contribution in [0.1, 0.15) is 36.5 Å². The lowest BCUT2D eigenvalue weighted by Crippen LogP contribution is -2.54. The van der Waals surface area contributed by atoms with Crippen molar-refractivity contribution in [3.63, 3.8) is 0 Å². The Hall–Kier alpha value is -2.75. The van der Waals surface area contributed by atoms with Crippen LogP contribution in [0.25, 0.3) is 10.2 Å². The predicted molar refractivity (Wildman–Crippen MR) is 114 cm³/mol. The highest BCUT2D eigenvalue weighted by Gasteiger charge is 2.28. The molecule has 0 spiro atoms. The maximum absolute atomic E-state index is 12.6. The summed E-state index contributed by atoms with van der Waals surface area (Å²) in [5.74, 6) is -0.738. The normalized spacial score (nSPS) is 14.4. The highest BCUT2D eigenvalue weighted by atomic mass is 32.1. The van der Waals surface area contributed by atoms with Gasteiger partial charge in [-0.15, -0.1) is 11.3 Å². The lowest BCUT2D eigenvalue weighted by Gasteiger charge is -2.34. The lowest BCUT2D eigenvalue weighted by molar-refractivity contribution is -0.148. The highest BCUT2D eigenvalue weighted by Crippen LogP contribution is 2.25. The maximum Gasteiger partial charge on any atom is 0.312 e. The Morgan fingerprint density at radius 3 is 2.40 bits per heavy atom. The standard InChI is InChI=1S/C20H27N5O4S/c1-11(2)21-18(28)20(29)25-9-7-24(8-10-25)15(26)6-5-14-22-17(27)16-12(3)13(4)30-19(16)23-14/h11H,5-10H2,1-4H3,(H,21,28)(H,22,23,27). The van der Waals surface area contributed by atoms with E-state index in [-0.39, 0.29) is 23.9 Å². The molecule has 3 rings (SSSR count). The van der Waals surface area contributed by atoms with Crippen LogP contribution in [0.15, 0.2) is 4.79 Å². The van der Waals surface area contributed by atoms with E-state index >= 15 is 0 Å². The Labute approximate surface area is 178 Å². The zero-order valence-electron chi connectivity index (χ0n) is 17.7. The number of aryl methyl sites for hydroxylation is 3. The molecule has 2 aromatic rings. The van der Waals surface area contributed by atoms with Gasteiger partial charge in [-0.05, 0) is 33.3 Å². The molecule has 0 aromatic carbocycles. The van der Waals surface area contributed by atoms with Gasteiger partial charge in [0.25, 0.3) is 5.56 Å². The molecule has 0 atom stereocenters. The van der Waals surface area contributed by atoms with Crippen molar-refractivity contribution in [1.82, 2.24) is 25.1 Å². The van der Waals surface area contributed by atoms with Crippen LogP contribution in [0.2, 0.25) is 0 Å². The first kappa shape index (κ1) is 21.9. The third-order valence-electron chi connectivity index (χ3n) is 5.20. The lowest BCUT2D eigenvalue weighted by atomic mass is 10.2. The first-order valence-electron chi connectivity index (χ1n) is 10.0. The fourth-order valence-corrected chi connectivity index (χ4v) is 4.48. The van der Waals surface area contributed by atoms with Crippen LogP contribution in [-0.4, -0.2) is 69.7 Å². The molecule has 2 aromatic heterocycles. The second-order valence-corrected chi connectivity index (χ2v) is 8.98. The third kappa shape index (κ3) is 4.69. The molecule has 10 heteroatoms. The molecule has 162 valence electrons. The van der Waals surface area contributed by atoms with Crippen molar-refractivity contribution in [3.05, 3.63) is 26.6 Å². The van der Waals surface area contributed by atoms with Crippen LogP contribution in [0.4, 0.5) is 0 Å². The van der Waals surface area contributed by atoms with E-state index in [1.54, 1.807) is 18.7 Å². The van der Waals surface area contributed by atoms with Gasteiger partial charge in [-0.25, -0.2) is 4.98 Å². The minimum atomic E-state index is -0.616. The van der Waals surface area contributed by atoms with Gasteiger partial charge in [-0.1, -0.05) is 0 Å². The largest absolute Gasteiger partial charge is 0.346 e. The number of rotatable bonds is 4. The molecule has 0 aliphatic carbocycles. The topological polar surface area (TPSA) is 115 Å². The molecular weight excluding hydrogens is 406 g/mol. The van der Waals surface area contributed by atoms with E-state index in [1.807, 2.05) is 13.8 Å². The molecule has 1 saturated heterocycles. The van der Waals surface area contributed by atoms with Crippen molar-refractivity contribution in [2.45, 2.75) is 46.6 Å². The highest BCUT2D eigenvalue weighted by molar-refractivity contribution is 7.18. The number of fused-ring (bicyclic) bond motifs is 1. The van der Waals surface area contributed by atoms with Crippen LogP contribution in [0.3, 0.4) is 0 Å². The van der Waals surface area contributed by atoms with Crippen LogP contribution in [-0.2, 0) is 20.8 Å². The summed E-state index contributed by atoms with van der Waals surface area (Å²) in [5.41, 5.74) is 0.775. The molecule has 0 radical (unpaired) electrons. The molecule has 2 N–H and O–H groups in total. The van der Waals surface area contributed by atoms with Gasteiger partial charge in [0.05, 0.1) is 5.39 Å². The first-order chi connectivity index (χ1) is 14.2. The Morgan fingerprint density at radius 1 is 1.13 bits per heavy atom. The second-order valence-electron chi connectivity index (χ2n) is 7.78. The fraction of sp³-hybridized carbons (Fsp3) is 0.550. The average molecular weight is 434 g/mol. The fourth-order valence-electron chi connectivity index (χ4n) is 3.43. The van der Waals surface area contributed by atoms with Gasteiger partial charge in [-0.3, -0.25) is 19.2 Å². The Bertz CT molecular complexity index is 1030. The number of hydrogen-bond donors (Lipinski definition) is 2. The summed E-state index contributed by atoms with van der Waals surface area (Å²) < 4.78 is 0. The van der Waals surface area contributed by atoms with E-state index in [4.69, 9.17) is 0 Å². The molecule has 1 fully saturated rings. The van der Waals surface area contributed by atoms with E-state index in [2.05, 4.69) is 15.3 Å². The van der Waals surface area contributed by atoms with Crippen molar-refractivity contribution in [3.8, 4) is 0 Å². The molecule has 3 heterocycles. The maximum atomic E-state index is 12.6. The Morgan fingerprint density at radius 2 is 1.77 bits per heavy atom. The number of amides is 3. The smallest absolute Gasteiger partial charge is 0.312 e. The van der Waals surface area contributed by atoms with Crippen molar-refractivity contribution >= 4 is 39.3 Å². The van der Waals surface area contributed by atoms with Crippen LogP contribution >= 0.6 is 11.3 Å². The van der Waals surface area contributed by atoms with Crippen molar-refractivity contribution < 1.29 is 14.4 Å². The van der Waals surface area contributed by atoms with Crippen molar-refractivity contribution in [1.29, 1.82) is 0 Å². The summed E-state index contributed by atoms with van der Waals surface area (Å²) in [7, 11) is 0. The van der Waals surface area contributed by atoms with E-state index in [9.17, 15) is 19.2 Å². The molecule has 9 nitrogen and oxygen atoms in total. The zero-order chi connectivity index (χ0) is 22.0. The van der Waals surface area contributed by atoms with Crippen LogP contribution in [0, 0.1) is 13.8 Å². The van der Waals surface area contributed by atoms with Gasteiger partial charge in [0, 0.05) is 49.9 Å². The monoisotopic (exact) mass is 433 g/mol. The number of nitrogens with zero attached hydrogens (tertiary/aromatic N) is 3. The summed E-state index contributed by atoms with van der Waals surface area (Å²) in [6.07, 6.45) is 0.565. The minimum Gasteiger partial charge on any atom is -0.346 e. The average Bonchev–Trinajstić information content (AvgIpc) is 2.99. The summed E-state index contributed by atoms with van der Waals surface area (Å²) in [5, 5.41) is 3.21. The Balaban J connectivity index is 1.54. The molecule has 0 saturated carbocycles. The summed E-state index contributed by atoms with van der Waals surface area (Å²) in [4.78, 5) is 61.1. The number of aromatic amines is 1. The molecule has 0 bridgehead atoms. The van der Waals surface area contributed by atoms with Gasteiger partial charge < -0.3 is 20.1 Å². The molecule has 1 aliphatic rings. The molecule has 30 heavy (non-hydrogen) atoms. The number of thiophene rings is 1. The van der Waals surface area contributed by atoms with Crippen LogP contribution in [0.5, 0.6) is 0 Å². The van der Waals surface area contributed by atoms with E-state index in [1.165, 1.54) is 16.2 Å². The van der Waals surface area contributed by atoms with E-state index < -0.39 is 11.8 Å². The summed E-state index contributed by atoms with van der Waals surface area (Å²) in [6, 6.07) is -0.106. The van der Waals surface area contributed by atoms with Gasteiger partial charge >= 0.3 is 11.8 Å². The van der Waals surface area contributed by atoms with Gasteiger partial charge in [0.2, 0.25) is 5.91 Å². The number of hydrogen-bond acceptors (Lipinski definition) is 6. The summed E-state index contributed by atoms with van der Waals surface area (Å²) in [6.45, 7) is 8.87. The van der Waals surface area contributed by atoms with Gasteiger partial charge in [0.1, 0.15) is 10.7 Å². The number of carbonyl (C=O) groups excluding carboxylic acids is 3. The second kappa shape index (κ2) is 8.95. The minimum absolute atomic E-state index is 0.0602. The number of nitrogens with one attached hydrogen (secondary N) is 2. The first-order valence-corrected chi connectivity index (χ1v) is 10.9. The number of H-pyrrole nitrogens is 1. The van der Waals surface area contributed by atoms with E-state index in [0.717, 1.165) is 10.4 Å². The number of aromatic nitrogens is 2. The quantitative estimate of drug-likeness (QED) is 0.690. The predicted octanol–water partition coefficient (Wildman–Crippen LogP) is 0.729. The molecule has 1 aliphatic heterocycles. The number of carbonyl (C=O) groups is 3. The number of piperazine rings is 1. The molecule has 3 amide bonds. The van der Waals surface area contributed by atoms with Gasteiger partial charge in [0.15, 0.2) is 0 Å². The third-order valence-corrected chi connectivity index (χ3v) is 6.30. The van der Waals surface area contributed by atoms with Crippen molar-refractivity contribution in [2.24, 2.45) is 0 Å². The van der Waals surface area contributed by atoms with Gasteiger partial charge in [-0.2, -0.15) is 0 Å². The molecule has 0 unspecified atom stereocenters.